The first-order chi connectivity index (χ1) is 17.8. The van der Waals surface area contributed by atoms with Crippen molar-refractivity contribution in [3.8, 4) is 11.1 Å². The first-order valence-corrected chi connectivity index (χ1v) is 12.9. The van der Waals surface area contributed by atoms with E-state index >= 15 is 0 Å². The summed E-state index contributed by atoms with van der Waals surface area (Å²) in [6, 6.07) is 3.42. The number of benzene rings is 1. The van der Waals surface area contributed by atoms with Crippen molar-refractivity contribution in [2.45, 2.75) is 33.3 Å². The summed E-state index contributed by atoms with van der Waals surface area (Å²) in [4.78, 5) is 40.7. The Hall–Kier alpha value is -3.35. The van der Waals surface area contributed by atoms with Gasteiger partial charge >= 0.3 is 12.0 Å². The van der Waals surface area contributed by atoms with Crippen LogP contribution in [0.5, 0.6) is 0 Å². The molecule has 1 aliphatic rings. The number of ether oxygens (including phenoxy) is 2. The van der Waals surface area contributed by atoms with E-state index in [2.05, 4.69) is 15.0 Å². The van der Waals surface area contributed by atoms with Crippen molar-refractivity contribution in [3.63, 3.8) is 0 Å². The van der Waals surface area contributed by atoms with Gasteiger partial charge in [0.15, 0.2) is 5.13 Å². The fourth-order valence-corrected chi connectivity index (χ4v) is 5.35. The lowest BCUT2D eigenvalue weighted by atomic mass is 9.80. The summed E-state index contributed by atoms with van der Waals surface area (Å²) in [5.74, 6) is -0.180. The maximum atomic E-state index is 11.9. The quantitative estimate of drug-likeness (QED) is 0.378. The molecule has 0 unspecified atom stereocenters. The van der Waals surface area contributed by atoms with Gasteiger partial charge in [0, 0.05) is 44.7 Å². The Morgan fingerprint density at radius 3 is 2.49 bits per heavy atom. The number of fused-ring (bicyclic) bond motifs is 1. The molecule has 0 saturated carbocycles. The molecule has 4 rings (SSSR count). The van der Waals surface area contributed by atoms with Crippen LogP contribution in [-0.2, 0) is 20.9 Å². The van der Waals surface area contributed by atoms with Crippen LogP contribution in [0.4, 0.5) is 15.9 Å². The first kappa shape index (κ1) is 26.7. The number of carbonyl (C=O) groups is 2. The Morgan fingerprint density at radius 1 is 1.19 bits per heavy atom. The summed E-state index contributed by atoms with van der Waals surface area (Å²) in [5, 5.41) is 10.0. The molecule has 3 N–H and O–H groups in total. The minimum Gasteiger partial charge on any atom is -0.481 e. The van der Waals surface area contributed by atoms with Crippen molar-refractivity contribution in [1.29, 1.82) is 0 Å². The number of methoxy groups -OCH3 is 1. The van der Waals surface area contributed by atoms with Gasteiger partial charge in [0.05, 0.1) is 35.5 Å². The third-order valence-electron chi connectivity index (χ3n) is 6.70. The van der Waals surface area contributed by atoms with Crippen LogP contribution < -0.4 is 15.5 Å². The fourth-order valence-electron chi connectivity index (χ4n) is 4.24. The molecule has 0 atom stereocenters. The summed E-state index contributed by atoms with van der Waals surface area (Å²) in [5.41, 5.74) is 8.19. The number of thiazole rings is 1. The first-order valence-electron chi connectivity index (χ1n) is 12.1. The van der Waals surface area contributed by atoms with Crippen molar-refractivity contribution in [2.24, 2.45) is 11.1 Å². The molecule has 2 amide bonds. The van der Waals surface area contributed by atoms with Crippen molar-refractivity contribution in [3.05, 3.63) is 30.1 Å². The van der Waals surface area contributed by atoms with E-state index in [9.17, 15) is 14.7 Å². The van der Waals surface area contributed by atoms with Gasteiger partial charge in [-0.15, -0.1) is 0 Å². The lowest BCUT2D eigenvalue weighted by molar-refractivity contribution is -0.149. The number of carboxylic acid groups (broad SMARTS) is 1. The Labute approximate surface area is 219 Å². The summed E-state index contributed by atoms with van der Waals surface area (Å²) in [6.07, 6.45) is 4.61. The molecule has 1 fully saturated rings. The third-order valence-corrected chi connectivity index (χ3v) is 7.87. The standard InChI is InChI=1S/C25H32N6O5S/c1-4-31(22(26)34)24-29-19-12-16(11-17(20(19)37-24)15-36-10-9-35-3)18-13-27-23(28-14-18)30-7-5-25(2,6-8-30)21(32)33/h11-14H,4-10,15H2,1-3H3,(H2,26,34)(H,32,33). The molecule has 2 aromatic heterocycles. The highest BCUT2D eigenvalue weighted by Crippen LogP contribution is 2.36. The van der Waals surface area contributed by atoms with Crippen LogP contribution in [0.3, 0.4) is 0 Å². The number of carbonyl (C=O) groups excluding carboxylic acids is 1. The van der Waals surface area contributed by atoms with Crippen LogP contribution in [0.2, 0.25) is 0 Å². The Kier molecular flexibility index (Phi) is 8.20. The van der Waals surface area contributed by atoms with Crippen molar-refractivity contribution < 1.29 is 24.2 Å². The summed E-state index contributed by atoms with van der Waals surface area (Å²) in [6.45, 7) is 6.52. The van der Waals surface area contributed by atoms with Crippen LogP contribution in [0.1, 0.15) is 32.3 Å². The average Bonchev–Trinajstić information content (AvgIpc) is 3.31. The molecule has 1 aromatic carbocycles. The van der Waals surface area contributed by atoms with E-state index in [1.165, 1.54) is 16.2 Å². The van der Waals surface area contributed by atoms with Gasteiger partial charge in [-0.3, -0.25) is 9.69 Å². The lowest BCUT2D eigenvalue weighted by Crippen LogP contribution is -2.43. The van der Waals surface area contributed by atoms with E-state index in [0.717, 1.165) is 26.9 Å². The van der Waals surface area contributed by atoms with Crippen molar-refractivity contribution >= 4 is 44.6 Å². The second-order valence-electron chi connectivity index (χ2n) is 9.23. The van der Waals surface area contributed by atoms with E-state index < -0.39 is 17.4 Å². The molecule has 12 heteroatoms. The number of carboxylic acids is 1. The minimum absolute atomic E-state index is 0.354. The van der Waals surface area contributed by atoms with Gasteiger partial charge in [0.2, 0.25) is 5.95 Å². The van der Waals surface area contributed by atoms with Crippen LogP contribution in [0.25, 0.3) is 21.3 Å². The smallest absolute Gasteiger partial charge is 0.321 e. The van der Waals surface area contributed by atoms with Gasteiger partial charge in [-0.05, 0) is 49.9 Å². The molecule has 1 aliphatic heterocycles. The molecule has 3 heterocycles. The fraction of sp³-hybridized carbons (Fsp3) is 0.480. The highest BCUT2D eigenvalue weighted by Gasteiger charge is 2.37. The second-order valence-corrected chi connectivity index (χ2v) is 10.2. The van der Waals surface area contributed by atoms with Gasteiger partial charge < -0.3 is 25.2 Å². The number of nitrogens with two attached hydrogens (primary N) is 1. The number of hydrogen-bond acceptors (Lipinski definition) is 9. The highest BCUT2D eigenvalue weighted by atomic mass is 32.1. The van der Waals surface area contributed by atoms with E-state index in [4.69, 9.17) is 15.2 Å². The zero-order valence-electron chi connectivity index (χ0n) is 21.3. The molecule has 0 radical (unpaired) electrons. The number of nitrogens with zero attached hydrogens (tertiary/aromatic N) is 5. The average molecular weight is 529 g/mol. The molecule has 0 spiro atoms. The number of urea groups is 1. The molecule has 3 aromatic rings. The van der Waals surface area contributed by atoms with Crippen LogP contribution in [0, 0.1) is 5.41 Å². The number of aliphatic carboxylic acids is 1. The largest absolute Gasteiger partial charge is 0.481 e. The molecule has 0 bridgehead atoms. The van der Waals surface area contributed by atoms with E-state index in [-0.39, 0.29) is 0 Å². The Morgan fingerprint density at radius 2 is 1.89 bits per heavy atom. The number of piperidine rings is 1. The summed E-state index contributed by atoms with van der Waals surface area (Å²) in [7, 11) is 1.62. The minimum atomic E-state index is -0.760. The lowest BCUT2D eigenvalue weighted by Gasteiger charge is -2.36. The van der Waals surface area contributed by atoms with Gasteiger partial charge in [-0.2, -0.15) is 0 Å². The molecular weight excluding hydrogens is 496 g/mol. The van der Waals surface area contributed by atoms with Crippen LogP contribution >= 0.6 is 11.3 Å². The topological polar surface area (TPSA) is 144 Å². The van der Waals surface area contributed by atoms with E-state index in [0.29, 0.717) is 63.4 Å². The predicted molar refractivity (Wildman–Crippen MR) is 142 cm³/mol. The maximum Gasteiger partial charge on any atom is 0.321 e. The van der Waals surface area contributed by atoms with Gasteiger partial charge in [-0.25, -0.2) is 19.7 Å². The second kappa shape index (κ2) is 11.4. The molecule has 37 heavy (non-hydrogen) atoms. The molecule has 1 saturated heterocycles. The number of primary amides is 1. The summed E-state index contributed by atoms with van der Waals surface area (Å²) >= 11 is 1.40. The number of rotatable bonds is 10. The third kappa shape index (κ3) is 5.81. The number of aromatic nitrogens is 3. The number of amides is 2. The molecular formula is C25H32N6O5S. The van der Waals surface area contributed by atoms with E-state index in [1.807, 2.05) is 24.0 Å². The normalized spacial score (nSPS) is 15.2. The van der Waals surface area contributed by atoms with Crippen molar-refractivity contribution in [1.82, 2.24) is 15.0 Å². The molecule has 0 aliphatic carbocycles. The van der Waals surface area contributed by atoms with Crippen LogP contribution in [0.15, 0.2) is 24.5 Å². The Balaban J connectivity index is 1.61. The summed E-state index contributed by atoms with van der Waals surface area (Å²) < 4.78 is 11.8. The van der Waals surface area contributed by atoms with Gasteiger partial charge in [-0.1, -0.05) is 11.3 Å². The van der Waals surface area contributed by atoms with Crippen molar-refractivity contribution in [2.75, 3.05) is 49.8 Å². The van der Waals surface area contributed by atoms with Crippen LogP contribution in [-0.4, -0.2) is 72.0 Å². The van der Waals surface area contributed by atoms with E-state index in [1.54, 1.807) is 26.4 Å². The zero-order valence-corrected chi connectivity index (χ0v) is 22.1. The zero-order chi connectivity index (χ0) is 26.6. The van der Waals surface area contributed by atoms with Gasteiger partial charge in [0.25, 0.3) is 0 Å². The monoisotopic (exact) mass is 528 g/mol. The maximum absolute atomic E-state index is 11.9. The molecule has 198 valence electrons. The number of hydrogen-bond donors (Lipinski definition) is 2. The number of anilines is 2. The van der Waals surface area contributed by atoms with Gasteiger partial charge in [0.1, 0.15) is 0 Å². The highest BCUT2D eigenvalue weighted by molar-refractivity contribution is 7.22. The Bertz CT molecular complexity index is 1260. The predicted octanol–water partition coefficient (Wildman–Crippen LogP) is 3.51. The molecule has 11 nitrogen and oxygen atoms in total. The SMILES string of the molecule is CCN(C(N)=O)c1nc2cc(-c3cnc(N4CCC(C)(C(=O)O)CC4)nc3)cc(COCCOC)c2s1.